The minimum Gasteiger partial charge on any atom is -0.463 e. The van der Waals surface area contributed by atoms with Crippen molar-refractivity contribution in [3.63, 3.8) is 0 Å². The molecule has 2 rings (SSSR count). The van der Waals surface area contributed by atoms with Gasteiger partial charge in [0.15, 0.2) is 0 Å². The SMILES string of the molecule is COC(C)(C)Oc1ccc(C2OCC2(C)C)cc1C. The number of hydrogen-bond donors (Lipinski definition) is 0. The fourth-order valence-electron chi connectivity index (χ4n) is 2.30. The highest BCUT2D eigenvalue weighted by atomic mass is 16.7. The third-order valence-electron chi connectivity index (χ3n) is 3.68. The lowest BCUT2D eigenvalue weighted by Crippen LogP contribution is -2.40. The van der Waals surface area contributed by atoms with Crippen LogP contribution in [-0.2, 0) is 9.47 Å². The third kappa shape index (κ3) is 2.93. The molecule has 0 spiro atoms. The van der Waals surface area contributed by atoms with Crippen LogP contribution in [0.5, 0.6) is 5.75 Å². The first-order valence-corrected chi connectivity index (χ1v) is 6.71. The Balaban J connectivity index is 2.18. The summed E-state index contributed by atoms with van der Waals surface area (Å²) in [6, 6.07) is 6.23. The summed E-state index contributed by atoms with van der Waals surface area (Å²) in [7, 11) is 1.65. The van der Waals surface area contributed by atoms with Gasteiger partial charge in [-0.2, -0.15) is 0 Å². The van der Waals surface area contributed by atoms with Gasteiger partial charge in [-0.25, -0.2) is 0 Å². The molecule has 1 saturated heterocycles. The monoisotopic (exact) mass is 264 g/mol. The number of aryl methyl sites for hydroxylation is 1. The Labute approximate surface area is 115 Å². The largest absolute Gasteiger partial charge is 0.463 e. The van der Waals surface area contributed by atoms with E-state index in [4.69, 9.17) is 14.2 Å². The molecule has 1 aromatic rings. The molecule has 0 N–H and O–H groups in total. The zero-order chi connectivity index (χ0) is 14.3. The van der Waals surface area contributed by atoms with E-state index in [0.29, 0.717) is 0 Å². The first-order valence-electron chi connectivity index (χ1n) is 6.71. The minimum absolute atomic E-state index is 0.190. The zero-order valence-electron chi connectivity index (χ0n) is 12.7. The van der Waals surface area contributed by atoms with Gasteiger partial charge in [-0.3, -0.25) is 0 Å². The van der Waals surface area contributed by atoms with Crippen molar-refractivity contribution in [3.8, 4) is 5.75 Å². The van der Waals surface area contributed by atoms with Crippen LogP contribution in [-0.4, -0.2) is 19.5 Å². The van der Waals surface area contributed by atoms with E-state index in [9.17, 15) is 0 Å². The summed E-state index contributed by atoms with van der Waals surface area (Å²) in [6.07, 6.45) is 0.190. The van der Waals surface area contributed by atoms with Crippen molar-refractivity contribution in [2.75, 3.05) is 13.7 Å². The smallest absolute Gasteiger partial charge is 0.204 e. The van der Waals surface area contributed by atoms with Gasteiger partial charge in [0, 0.05) is 26.4 Å². The number of methoxy groups -OCH3 is 1. The predicted octanol–water partition coefficient (Wildman–Crippen LogP) is 3.85. The molecule has 106 valence electrons. The van der Waals surface area contributed by atoms with Gasteiger partial charge in [-0.05, 0) is 30.2 Å². The van der Waals surface area contributed by atoms with Gasteiger partial charge in [0.2, 0.25) is 5.79 Å². The molecule has 1 aliphatic rings. The molecule has 0 aromatic heterocycles. The summed E-state index contributed by atoms with van der Waals surface area (Å²) in [5, 5.41) is 0. The summed E-state index contributed by atoms with van der Waals surface area (Å²) >= 11 is 0. The fourth-order valence-corrected chi connectivity index (χ4v) is 2.30. The second kappa shape index (κ2) is 4.80. The molecule has 0 saturated carbocycles. The lowest BCUT2D eigenvalue weighted by Gasteiger charge is -2.44. The maximum atomic E-state index is 5.86. The number of rotatable bonds is 4. The number of ether oxygens (including phenoxy) is 3. The summed E-state index contributed by atoms with van der Waals surface area (Å²) in [4.78, 5) is 0. The Hall–Kier alpha value is -1.06. The molecule has 19 heavy (non-hydrogen) atoms. The van der Waals surface area contributed by atoms with Crippen LogP contribution in [0.2, 0.25) is 0 Å². The lowest BCUT2D eigenvalue weighted by molar-refractivity contribution is -0.172. The molecule has 0 radical (unpaired) electrons. The predicted molar refractivity (Wildman–Crippen MR) is 75.4 cm³/mol. The van der Waals surface area contributed by atoms with E-state index in [2.05, 4.69) is 32.9 Å². The minimum atomic E-state index is -0.613. The molecule has 0 bridgehead atoms. The summed E-state index contributed by atoms with van der Waals surface area (Å²) in [5.41, 5.74) is 2.55. The van der Waals surface area contributed by atoms with Gasteiger partial charge >= 0.3 is 0 Å². The van der Waals surface area contributed by atoms with Gasteiger partial charge in [0.05, 0.1) is 12.7 Å². The Morgan fingerprint density at radius 3 is 2.42 bits per heavy atom. The van der Waals surface area contributed by atoms with Gasteiger partial charge in [-0.15, -0.1) is 0 Å². The third-order valence-corrected chi connectivity index (χ3v) is 3.68. The Morgan fingerprint density at radius 2 is 2.00 bits per heavy atom. The first kappa shape index (κ1) is 14.4. The number of hydrogen-bond acceptors (Lipinski definition) is 3. The molecular weight excluding hydrogens is 240 g/mol. The van der Waals surface area contributed by atoms with E-state index in [1.165, 1.54) is 5.56 Å². The van der Waals surface area contributed by atoms with Crippen molar-refractivity contribution in [2.24, 2.45) is 5.41 Å². The van der Waals surface area contributed by atoms with Crippen molar-refractivity contribution < 1.29 is 14.2 Å². The number of benzene rings is 1. The van der Waals surface area contributed by atoms with E-state index in [1.807, 2.05) is 19.9 Å². The molecule has 1 fully saturated rings. The Morgan fingerprint density at radius 1 is 1.32 bits per heavy atom. The normalized spacial score (nSPS) is 21.9. The average Bonchev–Trinajstić information content (AvgIpc) is 2.31. The molecule has 1 atom stereocenters. The van der Waals surface area contributed by atoms with Gasteiger partial charge in [0.25, 0.3) is 0 Å². The van der Waals surface area contributed by atoms with Gasteiger partial charge in [0.1, 0.15) is 5.75 Å². The molecule has 3 heteroatoms. The topological polar surface area (TPSA) is 27.7 Å². The molecule has 1 unspecified atom stereocenters. The maximum Gasteiger partial charge on any atom is 0.204 e. The van der Waals surface area contributed by atoms with Crippen LogP contribution in [0.1, 0.15) is 44.9 Å². The Kier molecular flexibility index (Phi) is 3.63. The van der Waals surface area contributed by atoms with E-state index in [-0.39, 0.29) is 11.5 Å². The van der Waals surface area contributed by atoms with Crippen LogP contribution in [0, 0.1) is 12.3 Å². The second-order valence-electron chi connectivity index (χ2n) is 6.41. The first-order chi connectivity index (χ1) is 8.75. The van der Waals surface area contributed by atoms with E-state index in [0.717, 1.165) is 17.9 Å². The second-order valence-corrected chi connectivity index (χ2v) is 6.41. The molecular formula is C16H24O3. The van der Waals surface area contributed by atoms with Crippen molar-refractivity contribution >= 4 is 0 Å². The van der Waals surface area contributed by atoms with Crippen molar-refractivity contribution in [1.29, 1.82) is 0 Å². The molecule has 0 amide bonds. The lowest BCUT2D eigenvalue weighted by atomic mass is 9.78. The fraction of sp³-hybridized carbons (Fsp3) is 0.625. The quantitative estimate of drug-likeness (QED) is 0.773. The van der Waals surface area contributed by atoms with Crippen LogP contribution in [0.15, 0.2) is 18.2 Å². The van der Waals surface area contributed by atoms with Gasteiger partial charge < -0.3 is 14.2 Å². The standard InChI is InChI=1S/C16H24O3/c1-11-9-12(14-15(2,3)10-18-14)7-8-13(11)19-16(4,5)17-6/h7-9,14H,10H2,1-6H3. The summed E-state index contributed by atoms with van der Waals surface area (Å²) in [5.74, 6) is 0.242. The van der Waals surface area contributed by atoms with E-state index >= 15 is 0 Å². The van der Waals surface area contributed by atoms with E-state index < -0.39 is 5.79 Å². The summed E-state index contributed by atoms with van der Waals surface area (Å²) in [6.45, 7) is 11.1. The van der Waals surface area contributed by atoms with E-state index in [1.54, 1.807) is 7.11 Å². The highest BCUT2D eigenvalue weighted by Crippen LogP contribution is 2.46. The average molecular weight is 264 g/mol. The molecule has 1 aliphatic heterocycles. The van der Waals surface area contributed by atoms with Crippen molar-refractivity contribution in [2.45, 2.75) is 46.5 Å². The zero-order valence-corrected chi connectivity index (χ0v) is 12.7. The maximum absolute atomic E-state index is 5.86. The van der Waals surface area contributed by atoms with Crippen LogP contribution in [0.4, 0.5) is 0 Å². The molecule has 3 nitrogen and oxygen atoms in total. The highest BCUT2D eigenvalue weighted by molar-refractivity contribution is 5.38. The molecule has 0 aliphatic carbocycles. The van der Waals surface area contributed by atoms with Gasteiger partial charge in [-0.1, -0.05) is 19.9 Å². The van der Waals surface area contributed by atoms with Crippen LogP contribution < -0.4 is 4.74 Å². The molecule has 1 heterocycles. The summed E-state index contributed by atoms with van der Waals surface area (Å²) < 4.78 is 16.8. The van der Waals surface area contributed by atoms with Crippen LogP contribution in [0.3, 0.4) is 0 Å². The van der Waals surface area contributed by atoms with Crippen molar-refractivity contribution in [1.82, 2.24) is 0 Å². The molecule has 1 aromatic carbocycles. The Bertz CT molecular complexity index is 463. The highest BCUT2D eigenvalue weighted by Gasteiger charge is 2.41. The van der Waals surface area contributed by atoms with Crippen molar-refractivity contribution in [3.05, 3.63) is 29.3 Å². The van der Waals surface area contributed by atoms with Crippen LogP contribution in [0.25, 0.3) is 0 Å². The van der Waals surface area contributed by atoms with Crippen LogP contribution >= 0.6 is 0 Å².